The van der Waals surface area contributed by atoms with Gasteiger partial charge in [-0.25, -0.2) is 18.4 Å². The molecule has 0 bridgehead atoms. The number of nitrogens with zero attached hydrogens (tertiary/aromatic N) is 3. The number of hydrogen-bond acceptors (Lipinski definition) is 7. The molecule has 1 atom stereocenters. The minimum atomic E-state index is -3.57. The van der Waals surface area contributed by atoms with Crippen molar-refractivity contribution in [3.8, 4) is 17.5 Å². The molecular formula is C16H19N3O5S. The van der Waals surface area contributed by atoms with Crippen LogP contribution >= 0.6 is 0 Å². The second-order valence-electron chi connectivity index (χ2n) is 5.44. The molecule has 25 heavy (non-hydrogen) atoms. The molecule has 0 amide bonds. The van der Waals surface area contributed by atoms with Crippen molar-refractivity contribution in [2.24, 2.45) is 0 Å². The number of rotatable bonds is 6. The van der Waals surface area contributed by atoms with Crippen LogP contribution in [0, 0.1) is 0 Å². The summed E-state index contributed by atoms with van der Waals surface area (Å²) in [5, 5.41) is 0. The van der Waals surface area contributed by atoms with Crippen LogP contribution < -0.4 is 14.2 Å². The predicted molar refractivity (Wildman–Crippen MR) is 89.4 cm³/mol. The minimum absolute atomic E-state index is 0.228. The molecule has 9 heteroatoms. The van der Waals surface area contributed by atoms with E-state index in [0.29, 0.717) is 18.7 Å². The molecule has 0 N–H and O–H groups in total. The van der Waals surface area contributed by atoms with Gasteiger partial charge >= 0.3 is 0 Å². The lowest BCUT2D eigenvalue weighted by atomic mass is 10.3. The van der Waals surface area contributed by atoms with Gasteiger partial charge in [-0.15, -0.1) is 0 Å². The quantitative estimate of drug-likeness (QED) is 0.763. The third-order valence-corrected chi connectivity index (χ3v) is 5.79. The monoisotopic (exact) mass is 365 g/mol. The van der Waals surface area contributed by atoms with E-state index in [0.717, 1.165) is 0 Å². The first kappa shape index (κ1) is 17.4. The smallest absolute Gasteiger partial charge is 0.278 e. The summed E-state index contributed by atoms with van der Waals surface area (Å²) in [4.78, 5) is 8.33. The third-order valence-electron chi connectivity index (χ3n) is 3.91. The second kappa shape index (κ2) is 7.24. The molecule has 1 fully saturated rings. The van der Waals surface area contributed by atoms with Crippen LogP contribution in [0.15, 0.2) is 41.6 Å². The number of hydrogen-bond donors (Lipinski definition) is 0. The molecule has 1 saturated heterocycles. The van der Waals surface area contributed by atoms with Crippen molar-refractivity contribution in [3.05, 3.63) is 36.7 Å². The number of benzene rings is 1. The molecule has 8 nitrogen and oxygen atoms in total. The van der Waals surface area contributed by atoms with E-state index in [9.17, 15) is 8.42 Å². The average Bonchev–Trinajstić information content (AvgIpc) is 3.11. The van der Waals surface area contributed by atoms with Crippen LogP contribution in [0.2, 0.25) is 0 Å². The van der Waals surface area contributed by atoms with E-state index in [1.54, 1.807) is 12.1 Å². The van der Waals surface area contributed by atoms with Crippen LogP contribution in [0.3, 0.4) is 0 Å². The Morgan fingerprint density at radius 1 is 1.04 bits per heavy atom. The van der Waals surface area contributed by atoms with Crippen LogP contribution in [-0.2, 0) is 10.0 Å². The average molecular weight is 365 g/mol. The highest BCUT2D eigenvalue weighted by atomic mass is 32.2. The molecule has 0 aliphatic carbocycles. The summed E-state index contributed by atoms with van der Waals surface area (Å²) in [5.74, 6) is 1.15. The molecule has 1 unspecified atom stereocenters. The summed E-state index contributed by atoms with van der Waals surface area (Å²) in [5.41, 5.74) is 0. The first-order valence-corrected chi connectivity index (χ1v) is 9.14. The van der Waals surface area contributed by atoms with Gasteiger partial charge in [-0.1, -0.05) is 0 Å². The van der Waals surface area contributed by atoms with E-state index >= 15 is 0 Å². The Morgan fingerprint density at radius 3 is 2.36 bits per heavy atom. The fraction of sp³-hybridized carbons (Fsp3) is 0.375. The molecule has 134 valence electrons. The summed E-state index contributed by atoms with van der Waals surface area (Å²) in [6.07, 6.45) is 3.26. The fourth-order valence-corrected chi connectivity index (χ4v) is 4.09. The maximum atomic E-state index is 12.7. The Balaban J connectivity index is 1.71. The molecule has 2 heterocycles. The zero-order chi connectivity index (χ0) is 17.9. The lowest BCUT2D eigenvalue weighted by Gasteiger charge is -2.17. The highest BCUT2D eigenvalue weighted by molar-refractivity contribution is 7.89. The molecular weight excluding hydrogens is 346 g/mol. The minimum Gasteiger partial charge on any atom is -0.497 e. The molecule has 0 radical (unpaired) electrons. The van der Waals surface area contributed by atoms with Crippen LogP contribution in [0.1, 0.15) is 6.42 Å². The summed E-state index contributed by atoms with van der Waals surface area (Å²) < 4.78 is 42.8. The molecule has 1 aromatic heterocycles. The molecule has 2 aromatic rings. The lowest BCUT2D eigenvalue weighted by Crippen LogP contribution is -2.31. The topological polar surface area (TPSA) is 90.9 Å². The number of methoxy groups -OCH3 is 2. The maximum absolute atomic E-state index is 12.7. The van der Waals surface area contributed by atoms with Gasteiger partial charge in [-0.2, -0.15) is 4.31 Å². The zero-order valence-electron chi connectivity index (χ0n) is 14.0. The summed E-state index contributed by atoms with van der Waals surface area (Å²) in [7, 11) is -0.562. The Bertz CT molecular complexity index is 826. The van der Waals surface area contributed by atoms with Crippen molar-refractivity contribution in [1.29, 1.82) is 0 Å². The van der Waals surface area contributed by atoms with E-state index in [2.05, 4.69) is 9.97 Å². The number of sulfonamides is 1. The Hall–Kier alpha value is -2.39. The van der Waals surface area contributed by atoms with Gasteiger partial charge in [-0.3, -0.25) is 0 Å². The second-order valence-corrected chi connectivity index (χ2v) is 7.38. The van der Waals surface area contributed by atoms with E-state index in [1.807, 2.05) is 0 Å². The molecule has 0 saturated carbocycles. The standard InChI is InChI=1S/C16H19N3O5S/c1-22-12-3-5-14(6-4-12)25(20,21)19-10-7-13(11-19)24-16-15(23-2)17-8-9-18-16/h3-6,8-9,13H,7,10-11H2,1-2H3. The van der Waals surface area contributed by atoms with Gasteiger partial charge in [0.25, 0.3) is 11.8 Å². The molecule has 1 aromatic carbocycles. The summed E-state index contributed by atoms with van der Waals surface area (Å²) >= 11 is 0. The van der Waals surface area contributed by atoms with E-state index < -0.39 is 10.0 Å². The number of aromatic nitrogens is 2. The third kappa shape index (κ3) is 3.67. The first-order valence-electron chi connectivity index (χ1n) is 7.70. The van der Waals surface area contributed by atoms with Crippen LogP contribution in [-0.4, -0.2) is 56.1 Å². The van der Waals surface area contributed by atoms with Gasteiger partial charge < -0.3 is 14.2 Å². The van der Waals surface area contributed by atoms with Gasteiger partial charge in [-0.05, 0) is 30.7 Å². The lowest BCUT2D eigenvalue weighted by molar-refractivity contribution is 0.194. The van der Waals surface area contributed by atoms with Crippen molar-refractivity contribution in [2.75, 3.05) is 27.3 Å². The summed E-state index contributed by atoms with van der Waals surface area (Å²) in [6.45, 7) is 0.621. The van der Waals surface area contributed by atoms with Crippen molar-refractivity contribution in [3.63, 3.8) is 0 Å². The maximum Gasteiger partial charge on any atom is 0.278 e. The molecule has 3 rings (SSSR count). The van der Waals surface area contributed by atoms with Gasteiger partial charge in [0.15, 0.2) is 0 Å². The van der Waals surface area contributed by atoms with Crippen molar-refractivity contribution in [1.82, 2.24) is 14.3 Å². The van der Waals surface area contributed by atoms with Gasteiger partial charge in [0.1, 0.15) is 11.9 Å². The van der Waals surface area contributed by atoms with Crippen LogP contribution in [0.4, 0.5) is 0 Å². The van der Waals surface area contributed by atoms with E-state index in [4.69, 9.17) is 14.2 Å². The molecule has 1 aliphatic rings. The van der Waals surface area contributed by atoms with Crippen molar-refractivity contribution >= 4 is 10.0 Å². The van der Waals surface area contributed by atoms with Gasteiger partial charge in [0, 0.05) is 18.9 Å². The SMILES string of the molecule is COc1ccc(S(=O)(=O)N2CCC(Oc3nccnc3OC)C2)cc1. The molecule has 0 spiro atoms. The fourth-order valence-electron chi connectivity index (χ4n) is 2.60. The van der Waals surface area contributed by atoms with Gasteiger partial charge in [0.2, 0.25) is 10.0 Å². The zero-order valence-corrected chi connectivity index (χ0v) is 14.8. The van der Waals surface area contributed by atoms with Crippen molar-refractivity contribution in [2.45, 2.75) is 17.4 Å². The Kier molecular flexibility index (Phi) is 5.05. The van der Waals surface area contributed by atoms with Crippen LogP contribution in [0.5, 0.6) is 17.5 Å². The normalized spacial score (nSPS) is 18.1. The number of ether oxygens (including phenoxy) is 3. The summed E-state index contributed by atoms with van der Waals surface area (Å²) in [6, 6.07) is 6.32. The highest BCUT2D eigenvalue weighted by Gasteiger charge is 2.34. The largest absolute Gasteiger partial charge is 0.497 e. The van der Waals surface area contributed by atoms with Gasteiger partial charge in [0.05, 0.1) is 25.7 Å². The first-order chi connectivity index (χ1) is 12.0. The van der Waals surface area contributed by atoms with E-state index in [-0.39, 0.29) is 29.3 Å². The predicted octanol–water partition coefficient (Wildman–Crippen LogP) is 1.34. The Labute approximate surface area is 146 Å². The molecule has 1 aliphatic heterocycles. The van der Waals surface area contributed by atoms with E-state index in [1.165, 1.54) is 43.1 Å². The van der Waals surface area contributed by atoms with Crippen LogP contribution in [0.25, 0.3) is 0 Å². The Morgan fingerprint density at radius 2 is 1.72 bits per heavy atom. The van der Waals surface area contributed by atoms with Crippen molar-refractivity contribution < 1.29 is 22.6 Å². The highest BCUT2D eigenvalue weighted by Crippen LogP contribution is 2.27.